The van der Waals surface area contributed by atoms with Crippen LogP contribution in [0.5, 0.6) is 0 Å². The van der Waals surface area contributed by atoms with Crippen LogP contribution >= 0.6 is 0 Å². The summed E-state index contributed by atoms with van der Waals surface area (Å²) >= 11 is 0. The molecule has 0 saturated carbocycles. The number of anilines is 1. The second-order valence-electron chi connectivity index (χ2n) is 6.35. The molecule has 1 aromatic rings. The number of nitrogens with one attached hydrogen (secondary N) is 1. The molecule has 0 unspecified atom stereocenters. The van der Waals surface area contributed by atoms with Crippen LogP contribution in [0.25, 0.3) is 0 Å². The Kier molecular flexibility index (Phi) is 4.89. The highest BCUT2D eigenvalue weighted by Crippen LogP contribution is 2.20. The van der Waals surface area contributed by atoms with E-state index in [1.165, 1.54) is 26.0 Å². The molecule has 1 fully saturated rings. The molecule has 2 rings (SSSR count). The van der Waals surface area contributed by atoms with Crippen molar-refractivity contribution in [3.8, 4) is 0 Å². The van der Waals surface area contributed by atoms with Gasteiger partial charge in [0.15, 0.2) is 0 Å². The summed E-state index contributed by atoms with van der Waals surface area (Å²) in [4.78, 5) is 27.2. The zero-order chi connectivity index (χ0) is 17.2. The van der Waals surface area contributed by atoms with E-state index in [-0.39, 0.29) is 11.5 Å². The minimum absolute atomic E-state index is 0.00762. The van der Waals surface area contributed by atoms with Crippen LogP contribution in [0.1, 0.15) is 24.2 Å². The lowest BCUT2D eigenvalue weighted by molar-refractivity contribution is -0.141. The third-order valence-corrected chi connectivity index (χ3v) is 3.98. The highest BCUT2D eigenvalue weighted by Gasteiger charge is 2.28. The number of carbonyl (C=O) groups is 2. The minimum atomic E-state index is -1.23. The first kappa shape index (κ1) is 17.2. The lowest BCUT2D eigenvalue weighted by atomic mass is 10.0. The molecule has 1 amide bonds. The normalized spacial score (nSPS) is 16.3. The van der Waals surface area contributed by atoms with Crippen molar-refractivity contribution in [1.29, 1.82) is 0 Å². The van der Waals surface area contributed by atoms with Crippen molar-refractivity contribution in [2.24, 2.45) is 0 Å². The maximum atomic E-state index is 14.3. The summed E-state index contributed by atoms with van der Waals surface area (Å²) in [5, 5.41) is 11.8. The lowest BCUT2D eigenvalue weighted by Gasteiger charge is -2.32. The summed E-state index contributed by atoms with van der Waals surface area (Å²) in [6.45, 7) is 5.63. The number of likely N-dealkylation sites (N-methyl/N-ethyl adjacent to an activating group) is 1. The molecule has 23 heavy (non-hydrogen) atoms. The minimum Gasteiger partial charge on any atom is -0.480 e. The molecule has 7 heteroatoms. The number of carboxylic acid groups (broad SMARTS) is 1. The molecule has 6 nitrogen and oxygen atoms in total. The Morgan fingerprint density at radius 3 is 2.35 bits per heavy atom. The summed E-state index contributed by atoms with van der Waals surface area (Å²) < 4.78 is 14.3. The van der Waals surface area contributed by atoms with Crippen molar-refractivity contribution in [2.75, 3.05) is 38.5 Å². The van der Waals surface area contributed by atoms with Crippen molar-refractivity contribution in [3.63, 3.8) is 0 Å². The number of hydrogen-bond donors (Lipinski definition) is 2. The van der Waals surface area contributed by atoms with Gasteiger partial charge < -0.3 is 20.2 Å². The van der Waals surface area contributed by atoms with E-state index in [0.29, 0.717) is 18.8 Å². The van der Waals surface area contributed by atoms with Gasteiger partial charge in [-0.2, -0.15) is 0 Å². The topological polar surface area (TPSA) is 72.9 Å². The van der Waals surface area contributed by atoms with Gasteiger partial charge >= 0.3 is 5.97 Å². The second-order valence-corrected chi connectivity index (χ2v) is 6.35. The van der Waals surface area contributed by atoms with Crippen molar-refractivity contribution < 1.29 is 19.1 Å². The van der Waals surface area contributed by atoms with E-state index in [0.717, 1.165) is 19.2 Å². The Morgan fingerprint density at radius 2 is 1.83 bits per heavy atom. The predicted molar refractivity (Wildman–Crippen MR) is 85.1 cm³/mol. The molecule has 0 spiro atoms. The fourth-order valence-corrected chi connectivity index (χ4v) is 2.36. The SMILES string of the molecule is CN1CCN(C(=O)c2ccc(NC(C)(C)C(=O)O)cc2F)CC1. The van der Waals surface area contributed by atoms with E-state index in [1.807, 2.05) is 7.05 Å². The van der Waals surface area contributed by atoms with Crippen molar-refractivity contribution in [2.45, 2.75) is 19.4 Å². The maximum Gasteiger partial charge on any atom is 0.328 e. The molecule has 126 valence electrons. The molecule has 1 aliphatic rings. The molecule has 0 atom stereocenters. The largest absolute Gasteiger partial charge is 0.480 e. The van der Waals surface area contributed by atoms with Gasteiger partial charge in [0.2, 0.25) is 0 Å². The Bertz CT molecular complexity index is 611. The smallest absolute Gasteiger partial charge is 0.328 e. The molecule has 1 aromatic carbocycles. The van der Waals surface area contributed by atoms with Gasteiger partial charge in [0.05, 0.1) is 5.56 Å². The molecule has 1 aliphatic heterocycles. The Morgan fingerprint density at radius 1 is 1.22 bits per heavy atom. The van der Waals surface area contributed by atoms with E-state index < -0.39 is 17.3 Å². The third kappa shape index (κ3) is 3.98. The average molecular weight is 323 g/mol. The number of carboxylic acids is 1. The molecule has 0 bridgehead atoms. The number of rotatable bonds is 4. The van der Waals surface area contributed by atoms with E-state index in [1.54, 1.807) is 4.90 Å². The van der Waals surface area contributed by atoms with E-state index in [2.05, 4.69) is 10.2 Å². The third-order valence-electron chi connectivity index (χ3n) is 3.98. The van der Waals surface area contributed by atoms with E-state index in [9.17, 15) is 14.0 Å². The average Bonchev–Trinajstić information content (AvgIpc) is 2.47. The highest BCUT2D eigenvalue weighted by molar-refractivity contribution is 5.95. The van der Waals surface area contributed by atoms with Crippen LogP contribution in [-0.4, -0.2) is 65.5 Å². The highest BCUT2D eigenvalue weighted by atomic mass is 19.1. The van der Waals surface area contributed by atoms with E-state index in [4.69, 9.17) is 5.11 Å². The van der Waals surface area contributed by atoms with Gasteiger partial charge in [0.25, 0.3) is 5.91 Å². The first-order valence-corrected chi connectivity index (χ1v) is 7.49. The van der Waals surface area contributed by atoms with Crippen LogP contribution in [0.15, 0.2) is 18.2 Å². The molecule has 1 heterocycles. The maximum absolute atomic E-state index is 14.3. The van der Waals surface area contributed by atoms with Gasteiger partial charge in [0, 0.05) is 31.9 Å². The summed E-state index contributed by atoms with van der Waals surface area (Å²) in [6, 6.07) is 4.08. The Balaban J connectivity index is 2.13. The summed E-state index contributed by atoms with van der Waals surface area (Å²) in [7, 11) is 1.98. The van der Waals surface area contributed by atoms with Gasteiger partial charge in [-0.1, -0.05) is 0 Å². The number of benzene rings is 1. The monoisotopic (exact) mass is 323 g/mol. The fourth-order valence-electron chi connectivity index (χ4n) is 2.36. The Hall–Kier alpha value is -2.15. The van der Waals surface area contributed by atoms with Gasteiger partial charge in [-0.3, -0.25) is 4.79 Å². The molecule has 0 aliphatic carbocycles. The van der Waals surface area contributed by atoms with Crippen molar-refractivity contribution >= 4 is 17.6 Å². The standard InChI is InChI=1S/C16H22FN3O3/c1-16(2,15(22)23)18-11-4-5-12(13(17)10-11)14(21)20-8-6-19(3)7-9-20/h4-5,10,18H,6-9H2,1-3H3,(H,22,23). The zero-order valence-electron chi connectivity index (χ0n) is 13.6. The molecule has 0 aromatic heterocycles. The number of amides is 1. The van der Waals surface area contributed by atoms with Crippen LogP contribution in [0.4, 0.5) is 10.1 Å². The summed E-state index contributed by atoms with van der Waals surface area (Å²) in [5.41, 5.74) is -0.895. The first-order chi connectivity index (χ1) is 10.7. The van der Waals surface area contributed by atoms with Gasteiger partial charge in [-0.15, -0.1) is 0 Å². The van der Waals surface area contributed by atoms with Crippen LogP contribution in [0.3, 0.4) is 0 Å². The molecule has 2 N–H and O–H groups in total. The van der Waals surface area contributed by atoms with Gasteiger partial charge in [-0.25, -0.2) is 9.18 Å². The number of carbonyl (C=O) groups excluding carboxylic acids is 1. The quantitative estimate of drug-likeness (QED) is 0.878. The van der Waals surface area contributed by atoms with Crippen molar-refractivity contribution in [1.82, 2.24) is 9.80 Å². The zero-order valence-corrected chi connectivity index (χ0v) is 13.6. The summed E-state index contributed by atoms with van der Waals surface area (Å²) in [6.07, 6.45) is 0. The first-order valence-electron chi connectivity index (χ1n) is 7.49. The number of halogens is 1. The van der Waals surface area contributed by atoms with Crippen LogP contribution < -0.4 is 5.32 Å². The van der Waals surface area contributed by atoms with Crippen LogP contribution in [0, 0.1) is 5.82 Å². The number of aliphatic carboxylic acids is 1. The molecule has 0 radical (unpaired) electrons. The van der Waals surface area contributed by atoms with Crippen LogP contribution in [-0.2, 0) is 4.79 Å². The number of piperazine rings is 1. The van der Waals surface area contributed by atoms with Gasteiger partial charge in [0.1, 0.15) is 11.4 Å². The predicted octanol–water partition coefficient (Wildman–Crippen LogP) is 1.49. The second kappa shape index (κ2) is 6.54. The molecule has 1 saturated heterocycles. The fraction of sp³-hybridized carbons (Fsp3) is 0.500. The number of hydrogen-bond acceptors (Lipinski definition) is 4. The Labute approximate surface area is 134 Å². The van der Waals surface area contributed by atoms with Crippen molar-refractivity contribution in [3.05, 3.63) is 29.6 Å². The van der Waals surface area contributed by atoms with E-state index >= 15 is 0 Å². The van der Waals surface area contributed by atoms with Crippen LogP contribution in [0.2, 0.25) is 0 Å². The summed E-state index contributed by atoms with van der Waals surface area (Å²) in [5.74, 6) is -2.03. The van der Waals surface area contributed by atoms with Gasteiger partial charge in [-0.05, 0) is 39.1 Å². The molecular weight excluding hydrogens is 301 g/mol. The number of nitrogens with zero attached hydrogens (tertiary/aromatic N) is 2. The molecular formula is C16H22FN3O3. The lowest BCUT2D eigenvalue weighted by Crippen LogP contribution is -2.47.